The molecule has 20 heavy (non-hydrogen) atoms. The summed E-state index contributed by atoms with van der Waals surface area (Å²) in [7, 11) is 0. The van der Waals surface area contributed by atoms with Crippen LogP contribution in [0.5, 0.6) is 0 Å². The van der Waals surface area contributed by atoms with Gasteiger partial charge in [-0.05, 0) is 53.4 Å². The molecule has 0 unspecified atom stereocenters. The van der Waals surface area contributed by atoms with E-state index < -0.39 is 0 Å². The van der Waals surface area contributed by atoms with Gasteiger partial charge in [-0.15, -0.1) is 0 Å². The number of nitrogens with zero attached hydrogens (tertiary/aromatic N) is 2. The van der Waals surface area contributed by atoms with E-state index in [0.29, 0.717) is 12.3 Å². The fourth-order valence-electron chi connectivity index (χ4n) is 4.14. The maximum absolute atomic E-state index is 12.3. The van der Waals surface area contributed by atoms with E-state index in [-0.39, 0.29) is 17.1 Å². The molecule has 2 heterocycles. The quantitative estimate of drug-likeness (QED) is 0.729. The van der Waals surface area contributed by atoms with E-state index in [9.17, 15) is 9.59 Å². The Hall–Kier alpha value is -1.06. The Bertz CT molecular complexity index is 372. The summed E-state index contributed by atoms with van der Waals surface area (Å²) in [5.41, 5.74) is -0.387. The summed E-state index contributed by atoms with van der Waals surface area (Å²) in [6, 6.07) is 0.266. The van der Waals surface area contributed by atoms with Crippen molar-refractivity contribution >= 4 is 12.3 Å². The molecule has 0 N–H and O–H groups in total. The van der Waals surface area contributed by atoms with E-state index >= 15 is 0 Å². The Kier molecular flexibility index (Phi) is 4.12. The van der Waals surface area contributed by atoms with Crippen molar-refractivity contribution in [2.24, 2.45) is 0 Å². The Morgan fingerprint density at radius 1 is 1.05 bits per heavy atom. The standard InChI is InChI=1S/C16H28N2O2/c1-15(2)10-13(11-16(3,4)18(15)12-19)17-9-7-5-6-8-14(17)20/h12-13H,5-11H2,1-4H3. The van der Waals surface area contributed by atoms with E-state index in [0.717, 1.165) is 45.1 Å². The topological polar surface area (TPSA) is 40.6 Å². The first kappa shape index (κ1) is 15.3. The zero-order valence-electron chi connectivity index (χ0n) is 13.3. The first-order chi connectivity index (χ1) is 9.28. The van der Waals surface area contributed by atoms with Crippen molar-refractivity contribution in [3.05, 3.63) is 0 Å². The molecule has 2 amide bonds. The first-order valence-corrected chi connectivity index (χ1v) is 7.82. The predicted molar refractivity (Wildman–Crippen MR) is 79.3 cm³/mol. The summed E-state index contributed by atoms with van der Waals surface area (Å²) < 4.78 is 0. The van der Waals surface area contributed by atoms with Gasteiger partial charge in [0, 0.05) is 30.1 Å². The molecule has 2 aliphatic rings. The average Bonchev–Trinajstić information content (AvgIpc) is 2.51. The van der Waals surface area contributed by atoms with Crippen LogP contribution < -0.4 is 0 Å². The highest BCUT2D eigenvalue weighted by Gasteiger charge is 2.46. The van der Waals surface area contributed by atoms with Crippen LogP contribution in [0.1, 0.15) is 66.2 Å². The zero-order chi connectivity index (χ0) is 15.0. The van der Waals surface area contributed by atoms with Gasteiger partial charge in [0.05, 0.1) is 0 Å². The van der Waals surface area contributed by atoms with Crippen LogP contribution in [0.15, 0.2) is 0 Å². The van der Waals surface area contributed by atoms with Crippen molar-refractivity contribution in [2.45, 2.75) is 83.3 Å². The van der Waals surface area contributed by atoms with Crippen LogP contribution in [-0.2, 0) is 9.59 Å². The molecule has 4 nitrogen and oxygen atoms in total. The fourth-order valence-corrected chi connectivity index (χ4v) is 4.14. The maximum atomic E-state index is 12.3. The van der Waals surface area contributed by atoms with E-state index in [4.69, 9.17) is 0 Å². The first-order valence-electron chi connectivity index (χ1n) is 7.82. The van der Waals surface area contributed by atoms with Crippen molar-refractivity contribution in [1.29, 1.82) is 0 Å². The lowest BCUT2D eigenvalue weighted by atomic mass is 9.76. The Morgan fingerprint density at radius 3 is 2.20 bits per heavy atom. The Morgan fingerprint density at radius 2 is 1.65 bits per heavy atom. The van der Waals surface area contributed by atoms with E-state index in [1.165, 1.54) is 0 Å². The fraction of sp³-hybridized carbons (Fsp3) is 0.875. The predicted octanol–water partition coefficient (Wildman–Crippen LogP) is 2.57. The van der Waals surface area contributed by atoms with Crippen LogP contribution in [-0.4, -0.2) is 45.8 Å². The lowest BCUT2D eigenvalue weighted by Gasteiger charge is -2.55. The van der Waals surface area contributed by atoms with Gasteiger partial charge in [-0.3, -0.25) is 9.59 Å². The van der Waals surface area contributed by atoms with Gasteiger partial charge in [0.1, 0.15) is 0 Å². The largest absolute Gasteiger partial charge is 0.340 e. The third-order valence-electron chi connectivity index (χ3n) is 4.93. The normalized spacial score (nSPS) is 27.3. The third-order valence-corrected chi connectivity index (χ3v) is 4.93. The monoisotopic (exact) mass is 280 g/mol. The second kappa shape index (κ2) is 5.38. The molecular formula is C16H28N2O2. The third kappa shape index (κ3) is 2.84. The molecule has 2 aliphatic heterocycles. The van der Waals surface area contributed by atoms with Crippen LogP contribution in [0, 0.1) is 0 Å². The van der Waals surface area contributed by atoms with Crippen LogP contribution in [0.25, 0.3) is 0 Å². The van der Waals surface area contributed by atoms with Crippen molar-refractivity contribution in [2.75, 3.05) is 6.54 Å². The number of carbonyl (C=O) groups is 2. The van der Waals surface area contributed by atoms with Crippen molar-refractivity contribution in [3.63, 3.8) is 0 Å². The van der Waals surface area contributed by atoms with E-state index in [1.807, 2.05) is 4.90 Å². The molecule has 4 heteroatoms. The lowest BCUT2D eigenvalue weighted by molar-refractivity contribution is -0.144. The highest BCUT2D eigenvalue weighted by atomic mass is 16.2. The molecule has 0 saturated carbocycles. The summed E-state index contributed by atoms with van der Waals surface area (Å²) in [5, 5.41) is 0. The van der Waals surface area contributed by atoms with Gasteiger partial charge in [0.2, 0.25) is 12.3 Å². The molecule has 0 spiro atoms. The van der Waals surface area contributed by atoms with Crippen molar-refractivity contribution < 1.29 is 9.59 Å². The highest BCUT2D eigenvalue weighted by molar-refractivity contribution is 5.76. The molecule has 114 valence electrons. The minimum absolute atomic E-state index is 0.194. The summed E-state index contributed by atoms with van der Waals surface area (Å²) in [6.45, 7) is 9.32. The molecule has 0 aliphatic carbocycles. The number of likely N-dealkylation sites (tertiary alicyclic amines) is 2. The minimum Gasteiger partial charge on any atom is -0.340 e. The molecule has 0 bridgehead atoms. The number of carbonyl (C=O) groups excluding carboxylic acids is 2. The molecule has 0 aromatic rings. The molecule has 2 saturated heterocycles. The summed E-state index contributed by atoms with van der Waals surface area (Å²) in [5.74, 6) is 0.304. The number of hydrogen-bond acceptors (Lipinski definition) is 2. The average molecular weight is 280 g/mol. The van der Waals surface area contributed by atoms with Crippen LogP contribution >= 0.6 is 0 Å². The Labute approximate surface area is 122 Å². The van der Waals surface area contributed by atoms with Gasteiger partial charge in [-0.1, -0.05) is 6.42 Å². The zero-order valence-corrected chi connectivity index (χ0v) is 13.3. The smallest absolute Gasteiger partial charge is 0.222 e. The summed E-state index contributed by atoms with van der Waals surface area (Å²) >= 11 is 0. The molecule has 2 fully saturated rings. The SMILES string of the molecule is CC1(C)CC(N2CCCCCC2=O)CC(C)(C)N1C=O. The van der Waals surface area contributed by atoms with Gasteiger partial charge in [-0.2, -0.15) is 0 Å². The van der Waals surface area contributed by atoms with E-state index in [2.05, 4.69) is 32.6 Å². The Balaban J connectivity index is 2.21. The highest BCUT2D eigenvalue weighted by Crippen LogP contribution is 2.39. The van der Waals surface area contributed by atoms with Gasteiger partial charge in [0.25, 0.3) is 0 Å². The van der Waals surface area contributed by atoms with Crippen LogP contribution in [0.2, 0.25) is 0 Å². The molecule has 2 rings (SSSR count). The minimum atomic E-state index is -0.194. The molecular weight excluding hydrogens is 252 g/mol. The molecule has 0 aromatic heterocycles. The van der Waals surface area contributed by atoms with Gasteiger partial charge >= 0.3 is 0 Å². The molecule has 0 atom stereocenters. The van der Waals surface area contributed by atoms with Gasteiger partial charge in [-0.25, -0.2) is 0 Å². The summed E-state index contributed by atoms with van der Waals surface area (Å²) in [4.78, 5) is 27.8. The lowest BCUT2D eigenvalue weighted by Crippen LogP contribution is -2.64. The van der Waals surface area contributed by atoms with Crippen LogP contribution in [0.4, 0.5) is 0 Å². The van der Waals surface area contributed by atoms with E-state index in [1.54, 1.807) is 0 Å². The number of amides is 2. The second-order valence-electron chi connectivity index (χ2n) is 7.56. The molecule has 0 aromatic carbocycles. The maximum Gasteiger partial charge on any atom is 0.222 e. The van der Waals surface area contributed by atoms with Crippen molar-refractivity contribution in [1.82, 2.24) is 9.80 Å². The van der Waals surface area contributed by atoms with Crippen LogP contribution in [0.3, 0.4) is 0 Å². The number of hydrogen-bond donors (Lipinski definition) is 0. The van der Waals surface area contributed by atoms with Gasteiger partial charge in [0.15, 0.2) is 0 Å². The summed E-state index contributed by atoms with van der Waals surface area (Å²) in [6.07, 6.45) is 6.70. The second-order valence-corrected chi connectivity index (χ2v) is 7.56. The molecule has 0 radical (unpaired) electrons. The van der Waals surface area contributed by atoms with Crippen molar-refractivity contribution in [3.8, 4) is 0 Å². The number of piperidine rings is 1. The number of rotatable bonds is 2. The van der Waals surface area contributed by atoms with Gasteiger partial charge < -0.3 is 9.80 Å².